The molecule has 5 heteroatoms. The first-order chi connectivity index (χ1) is 9.86. The number of ether oxygens (including phenoxy) is 2. The van der Waals surface area contributed by atoms with E-state index >= 15 is 0 Å². The Balaban J connectivity index is 2.52. The molecule has 1 atom stereocenters. The van der Waals surface area contributed by atoms with Gasteiger partial charge in [-0.1, -0.05) is 0 Å². The number of carbonyl (C=O) groups excluding carboxylic acids is 1. The van der Waals surface area contributed by atoms with E-state index in [1.165, 1.54) is 0 Å². The summed E-state index contributed by atoms with van der Waals surface area (Å²) in [5.74, 6) is 0. The molecule has 0 fully saturated rings. The van der Waals surface area contributed by atoms with E-state index in [0.29, 0.717) is 12.3 Å². The Morgan fingerprint density at radius 3 is 2.33 bits per heavy atom. The van der Waals surface area contributed by atoms with Gasteiger partial charge >= 0.3 is 6.09 Å². The highest BCUT2D eigenvalue weighted by Crippen LogP contribution is 2.20. The summed E-state index contributed by atoms with van der Waals surface area (Å²) in [7, 11) is 1.72. The zero-order valence-electron chi connectivity index (χ0n) is 13.5. The van der Waals surface area contributed by atoms with Crippen LogP contribution in [0.1, 0.15) is 34.1 Å². The molecule has 1 amide bonds. The lowest BCUT2D eigenvalue weighted by Crippen LogP contribution is -2.31. The van der Waals surface area contributed by atoms with Crippen LogP contribution in [-0.4, -0.2) is 31.5 Å². The number of hydrogen-bond donors (Lipinski definition) is 2. The van der Waals surface area contributed by atoms with Gasteiger partial charge in [0.05, 0.1) is 12.2 Å². The molecule has 118 valence electrons. The molecule has 0 spiro atoms. The summed E-state index contributed by atoms with van der Waals surface area (Å²) in [5, 5.41) is 6.08. The van der Waals surface area contributed by atoms with Gasteiger partial charge in [0.15, 0.2) is 0 Å². The summed E-state index contributed by atoms with van der Waals surface area (Å²) in [6.07, 6.45) is 0.459. The number of rotatable bonds is 7. The molecule has 1 rings (SSSR count). The van der Waals surface area contributed by atoms with Crippen molar-refractivity contribution in [1.29, 1.82) is 0 Å². The SMILES string of the molecule is CCOC(=O)Nc1ccc(NC(C)CC(C)(C)OC)cc1. The zero-order valence-corrected chi connectivity index (χ0v) is 13.5. The molecule has 0 heterocycles. The van der Waals surface area contributed by atoms with Crippen molar-refractivity contribution in [3.63, 3.8) is 0 Å². The van der Waals surface area contributed by atoms with Crippen LogP contribution in [0, 0.1) is 0 Å². The fourth-order valence-electron chi connectivity index (χ4n) is 2.09. The van der Waals surface area contributed by atoms with Crippen molar-refractivity contribution in [2.75, 3.05) is 24.4 Å². The molecule has 2 N–H and O–H groups in total. The van der Waals surface area contributed by atoms with Crippen LogP contribution in [0.4, 0.5) is 16.2 Å². The number of benzene rings is 1. The third kappa shape index (κ3) is 6.49. The summed E-state index contributed by atoms with van der Waals surface area (Å²) < 4.78 is 10.3. The molecular weight excluding hydrogens is 268 g/mol. The predicted octanol–water partition coefficient (Wildman–Crippen LogP) is 3.87. The van der Waals surface area contributed by atoms with Gasteiger partial charge < -0.3 is 14.8 Å². The molecule has 0 aliphatic heterocycles. The van der Waals surface area contributed by atoms with E-state index in [-0.39, 0.29) is 11.6 Å². The van der Waals surface area contributed by atoms with Crippen LogP contribution in [0.15, 0.2) is 24.3 Å². The van der Waals surface area contributed by atoms with E-state index in [0.717, 1.165) is 12.1 Å². The summed E-state index contributed by atoms with van der Waals surface area (Å²) in [6, 6.07) is 7.82. The Kier molecular flexibility index (Phi) is 6.49. The lowest BCUT2D eigenvalue weighted by Gasteiger charge is -2.27. The van der Waals surface area contributed by atoms with Crippen molar-refractivity contribution >= 4 is 17.5 Å². The Morgan fingerprint density at radius 2 is 1.81 bits per heavy atom. The Morgan fingerprint density at radius 1 is 1.24 bits per heavy atom. The van der Waals surface area contributed by atoms with Crippen LogP contribution in [0.3, 0.4) is 0 Å². The first-order valence-electron chi connectivity index (χ1n) is 7.22. The Hall–Kier alpha value is -1.75. The predicted molar refractivity (Wildman–Crippen MR) is 85.9 cm³/mol. The third-order valence-electron chi connectivity index (χ3n) is 3.17. The van der Waals surface area contributed by atoms with Gasteiger partial charge in [0.2, 0.25) is 0 Å². The highest BCUT2D eigenvalue weighted by Gasteiger charge is 2.19. The Bertz CT molecular complexity index is 443. The van der Waals surface area contributed by atoms with Crippen LogP contribution in [0.5, 0.6) is 0 Å². The largest absolute Gasteiger partial charge is 0.450 e. The summed E-state index contributed by atoms with van der Waals surface area (Å²) >= 11 is 0. The molecule has 0 aliphatic carbocycles. The maximum atomic E-state index is 11.3. The molecular formula is C16H26N2O3. The van der Waals surface area contributed by atoms with Crippen LogP contribution in [-0.2, 0) is 9.47 Å². The standard InChI is InChI=1S/C16H26N2O3/c1-6-21-15(19)18-14-9-7-13(8-10-14)17-12(2)11-16(3,4)20-5/h7-10,12,17H,6,11H2,1-5H3,(H,18,19). The number of amides is 1. The minimum Gasteiger partial charge on any atom is -0.450 e. The van der Waals surface area contributed by atoms with Crippen LogP contribution in [0.25, 0.3) is 0 Å². The van der Waals surface area contributed by atoms with Crippen LogP contribution in [0.2, 0.25) is 0 Å². The first kappa shape index (κ1) is 17.3. The van der Waals surface area contributed by atoms with Crippen molar-refractivity contribution in [2.45, 2.75) is 45.8 Å². The van der Waals surface area contributed by atoms with Crippen LogP contribution < -0.4 is 10.6 Å². The van der Waals surface area contributed by atoms with Crippen molar-refractivity contribution in [3.05, 3.63) is 24.3 Å². The van der Waals surface area contributed by atoms with Gasteiger partial charge in [0.1, 0.15) is 0 Å². The molecule has 0 saturated carbocycles. The third-order valence-corrected chi connectivity index (χ3v) is 3.17. The molecule has 0 aromatic heterocycles. The van der Waals surface area contributed by atoms with Crippen molar-refractivity contribution in [2.24, 2.45) is 0 Å². The van der Waals surface area contributed by atoms with Gasteiger partial charge in [0, 0.05) is 24.5 Å². The molecule has 1 aromatic rings. The lowest BCUT2D eigenvalue weighted by molar-refractivity contribution is 0.0128. The van der Waals surface area contributed by atoms with Crippen molar-refractivity contribution < 1.29 is 14.3 Å². The summed E-state index contributed by atoms with van der Waals surface area (Å²) in [4.78, 5) is 11.3. The average Bonchev–Trinajstić information content (AvgIpc) is 2.40. The summed E-state index contributed by atoms with van der Waals surface area (Å²) in [6.45, 7) is 8.38. The second-order valence-electron chi connectivity index (χ2n) is 5.64. The number of nitrogens with one attached hydrogen (secondary N) is 2. The summed E-state index contributed by atoms with van der Waals surface area (Å²) in [5.41, 5.74) is 1.56. The number of carbonyl (C=O) groups is 1. The van der Waals surface area contributed by atoms with Crippen molar-refractivity contribution in [1.82, 2.24) is 0 Å². The number of hydrogen-bond acceptors (Lipinski definition) is 4. The van der Waals surface area contributed by atoms with Crippen LogP contribution >= 0.6 is 0 Å². The maximum Gasteiger partial charge on any atom is 0.411 e. The first-order valence-corrected chi connectivity index (χ1v) is 7.22. The average molecular weight is 294 g/mol. The zero-order chi connectivity index (χ0) is 15.9. The van der Waals surface area contributed by atoms with E-state index < -0.39 is 6.09 Å². The van der Waals surface area contributed by atoms with E-state index in [1.54, 1.807) is 14.0 Å². The van der Waals surface area contributed by atoms with Gasteiger partial charge in [-0.05, 0) is 58.4 Å². The monoisotopic (exact) mass is 294 g/mol. The van der Waals surface area contributed by atoms with Gasteiger partial charge in [-0.15, -0.1) is 0 Å². The highest BCUT2D eigenvalue weighted by molar-refractivity contribution is 5.84. The molecule has 5 nitrogen and oxygen atoms in total. The van der Waals surface area contributed by atoms with Gasteiger partial charge in [-0.2, -0.15) is 0 Å². The molecule has 0 radical (unpaired) electrons. The molecule has 1 unspecified atom stereocenters. The topological polar surface area (TPSA) is 59.6 Å². The lowest BCUT2D eigenvalue weighted by atomic mass is 10.00. The van der Waals surface area contributed by atoms with E-state index in [9.17, 15) is 4.79 Å². The number of methoxy groups -OCH3 is 1. The maximum absolute atomic E-state index is 11.3. The van der Waals surface area contributed by atoms with Crippen molar-refractivity contribution in [3.8, 4) is 0 Å². The number of anilines is 2. The van der Waals surface area contributed by atoms with Gasteiger partial charge in [0.25, 0.3) is 0 Å². The Labute approximate surface area is 127 Å². The minimum absolute atomic E-state index is 0.155. The van der Waals surface area contributed by atoms with Gasteiger partial charge in [-0.25, -0.2) is 4.79 Å². The highest BCUT2D eigenvalue weighted by atomic mass is 16.5. The van der Waals surface area contributed by atoms with E-state index in [2.05, 4.69) is 31.4 Å². The quantitative estimate of drug-likeness (QED) is 0.801. The normalized spacial score (nSPS) is 12.6. The molecule has 0 saturated heterocycles. The molecule has 1 aromatic carbocycles. The second-order valence-corrected chi connectivity index (χ2v) is 5.64. The van der Waals surface area contributed by atoms with E-state index in [4.69, 9.17) is 9.47 Å². The molecule has 21 heavy (non-hydrogen) atoms. The second kappa shape index (κ2) is 7.88. The van der Waals surface area contributed by atoms with Gasteiger partial charge in [-0.3, -0.25) is 5.32 Å². The smallest absolute Gasteiger partial charge is 0.411 e. The van der Waals surface area contributed by atoms with E-state index in [1.807, 2.05) is 24.3 Å². The molecule has 0 bridgehead atoms. The molecule has 0 aliphatic rings. The fourth-order valence-corrected chi connectivity index (χ4v) is 2.09. The minimum atomic E-state index is -0.437. The fraction of sp³-hybridized carbons (Fsp3) is 0.562.